The maximum Gasteiger partial charge on any atom is 0.407 e. The van der Waals surface area contributed by atoms with Crippen LogP contribution in [0.25, 0.3) is 5.78 Å². The first kappa shape index (κ1) is 91.7. The van der Waals surface area contributed by atoms with Crippen LogP contribution in [0, 0.1) is 0 Å². The summed E-state index contributed by atoms with van der Waals surface area (Å²) in [7, 11) is 14.1. The standard InChI is InChI=1S/C24H24N8O3.C22H24ClN7O3.C20H22N6O4.C19H20ClN7O2/c1-3-14-35-24(34)27-15-16-8-10-17(11-9-16)28-21-30-22-26-12-13-32(22)23(31-21)29-19-7-5-4-6-18(19)20(33)25-2;1-24-21(31)15-5-3-4-6-16(15)25-20-19(23)28-29-22(27-20)26-17-8-7-14(13-18(17)32-2)30-9-11-33-12-10-30;1-21-18(27)13-7-5-6-8-14(13)25-20-23-11-22-19(26-20)24-12-9-15(28-2)17(30-4)16(10-12)29-3;1-22-18(28)12-5-3-4-6-13(12)23-17-16(20)26-27-19(25-17)24-14-8-7-11(10-21)9-15(14)29-2/h3-13H,1,14-15H2,2H3,(H,25,33)(H,27,34)(H2,26,28,29,30,31);3-8,13H,9-12H2,1-2H3,(H,24,31)(H2,25,26,27,29);5-11H,1-4H3,(H,21,27)(H2,22,23,24,25,26);3-9H,10,21H2,1-2H3,(H,22,28)(H2,23,24,25,27). The highest BCUT2D eigenvalue weighted by Gasteiger charge is 2.22. The number of alkyl carbamates (subject to hydrolysis) is 1. The number of benzene rings is 8. The van der Waals surface area contributed by atoms with Crippen LogP contribution in [-0.2, 0) is 22.6 Å². The van der Waals surface area contributed by atoms with Crippen molar-refractivity contribution in [1.29, 1.82) is 0 Å². The maximum absolute atomic E-state index is 12.3. The van der Waals surface area contributed by atoms with Gasteiger partial charge in [-0.25, -0.2) is 19.7 Å². The van der Waals surface area contributed by atoms with Crippen molar-refractivity contribution in [2.45, 2.75) is 13.1 Å². The Balaban J connectivity index is 0.000000165. The van der Waals surface area contributed by atoms with Crippen LogP contribution in [0.2, 0.25) is 10.3 Å². The lowest BCUT2D eigenvalue weighted by atomic mass is 10.1. The maximum atomic E-state index is 12.3. The lowest BCUT2D eigenvalue weighted by Crippen LogP contribution is -2.36. The van der Waals surface area contributed by atoms with Crippen LogP contribution < -0.4 is 103 Å². The number of amides is 5. The number of anilines is 17. The average molecular weight is 1770 g/mol. The normalized spacial score (nSPS) is 11.1. The number of hydrogen-bond acceptors (Lipinski definition) is 34. The van der Waals surface area contributed by atoms with Crippen molar-refractivity contribution in [3.63, 3.8) is 0 Å². The lowest BCUT2D eigenvalue weighted by molar-refractivity contribution is 0.0956. The summed E-state index contributed by atoms with van der Waals surface area (Å²) in [6.07, 6.45) is 5.70. The molecule has 656 valence electrons. The van der Waals surface area contributed by atoms with Gasteiger partial charge in [0, 0.05) is 102 Å². The number of rotatable bonds is 31. The number of carbonyl (C=O) groups excluding carboxylic acids is 5. The highest BCUT2D eigenvalue weighted by molar-refractivity contribution is 6.32. The number of methoxy groups -OCH3 is 5. The third-order valence-corrected chi connectivity index (χ3v) is 18.7. The molecule has 8 aromatic carbocycles. The Hall–Kier alpha value is -16.1. The van der Waals surface area contributed by atoms with E-state index in [-0.39, 0.29) is 70.0 Å². The summed E-state index contributed by atoms with van der Waals surface area (Å²) in [4.78, 5) is 97.0. The fourth-order valence-corrected chi connectivity index (χ4v) is 12.2. The van der Waals surface area contributed by atoms with Crippen molar-refractivity contribution in [1.82, 2.24) is 91.3 Å². The van der Waals surface area contributed by atoms with Gasteiger partial charge >= 0.3 is 6.09 Å². The number of ether oxygens (including phenoxy) is 7. The molecule has 0 radical (unpaired) electrons. The Bertz CT molecular complexity index is 5970. The Morgan fingerprint density at radius 1 is 0.465 bits per heavy atom. The van der Waals surface area contributed by atoms with Crippen molar-refractivity contribution >= 4 is 157 Å². The van der Waals surface area contributed by atoms with Gasteiger partial charge in [0.05, 0.1) is 105 Å². The predicted octanol–water partition coefficient (Wildman–Crippen LogP) is 12.2. The molecule has 1 aliphatic rings. The Morgan fingerprint density at radius 2 is 0.929 bits per heavy atom. The first-order valence-corrected chi connectivity index (χ1v) is 39.5. The molecule has 15 N–H and O–H groups in total. The molecule has 42 heteroatoms. The first-order chi connectivity index (χ1) is 61.8. The molecule has 0 unspecified atom stereocenters. The van der Waals surface area contributed by atoms with E-state index >= 15 is 0 Å². The topological polar surface area (TPSA) is 495 Å². The molecule has 127 heavy (non-hydrogen) atoms. The summed E-state index contributed by atoms with van der Waals surface area (Å²) in [5.74, 6) is 4.46. The number of fused-ring (bicyclic) bond motifs is 1. The molecular weight excluding hydrogens is 1680 g/mol. The van der Waals surface area contributed by atoms with Crippen molar-refractivity contribution in [3.8, 4) is 28.7 Å². The minimum absolute atomic E-state index is 0.0627. The second-order valence-electron chi connectivity index (χ2n) is 26.2. The summed E-state index contributed by atoms with van der Waals surface area (Å²) in [5.41, 5.74) is 15.3. The quantitative estimate of drug-likeness (QED) is 0.0179. The molecule has 0 saturated carbocycles. The average Bonchev–Trinajstić information content (AvgIpc) is 1.58. The SMILES string of the molecule is C=CCOC(=O)NCc1ccc(Nc2nc(Nc3ccccc3C(=O)NC)n3ccnc3n2)cc1.CNC(=O)c1ccccc1Nc1nc(Nc2ccc(CN)cc2OC)nnc1Cl.CNC(=O)c1ccccc1Nc1nc(Nc2ccc(N3CCOCC3)cc2OC)nnc1Cl.CNC(=O)c1ccccc1Nc1ncnc(Nc2cc(OC)c(OC)c(OC)c2)n1. The van der Waals surface area contributed by atoms with Crippen molar-refractivity contribution < 1.29 is 57.1 Å². The van der Waals surface area contributed by atoms with E-state index in [0.29, 0.717) is 141 Å². The van der Waals surface area contributed by atoms with E-state index in [9.17, 15) is 24.0 Å². The summed E-state index contributed by atoms with van der Waals surface area (Å²) >= 11 is 12.4. The molecule has 5 aromatic heterocycles. The van der Waals surface area contributed by atoms with Gasteiger partial charge in [-0.1, -0.05) is 103 Å². The summed E-state index contributed by atoms with van der Waals surface area (Å²) in [6, 6.07) is 50.5. The third kappa shape index (κ3) is 24.9. The van der Waals surface area contributed by atoms with Gasteiger partial charge in [0.2, 0.25) is 47.2 Å². The number of para-hydroxylation sites is 4. The second kappa shape index (κ2) is 45.7. The first-order valence-electron chi connectivity index (χ1n) is 38.7. The molecule has 13 aromatic rings. The summed E-state index contributed by atoms with van der Waals surface area (Å²) in [6.45, 7) is 7.43. The monoisotopic (exact) mass is 1760 g/mol. The molecule has 0 aliphatic carbocycles. The predicted molar refractivity (Wildman–Crippen MR) is 484 cm³/mol. The van der Waals surface area contributed by atoms with Crippen LogP contribution in [0.1, 0.15) is 52.6 Å². The third-order valence-electron chi connectivity index (χ3n) is 18.2. The highest BCUT2D eigenvalue weighted by Crippen LogP contribution is 2.41. The number of halogens is 2. The molecule has 5 amide bonds. The number of morpholine rings is 1. The number of imidazole rings is 1. The fraction of sp³-hybridized carbons (Fsp3) is 0.188. The largest absolute Gasteiger partial charge is 0.495 e. The molecule has 0 spiro atoms. The Morgan fingerprint density at radius 3 is 1.43 bits per heavy atom. The van der Waals surface area contributed by atoms with E-state index in [4.69, 9.17) is 62.1 Å². The molecule has 1 fully saturated rings. The van der Waals surface area contributed by atoms with Gasteiger partial charge in [-0.15, -0.1) is 20.4 Å². The second-order valence-corrected chi connectivity index (χ2v) is 26.9. The zero-order chi connectivity index (χ0) is 90.1. The highest BCUT2D eigenvalue weighted by atomic mass is 35.5. The van der Waals surface area contributed by atoms with Gasteiger partial charge in [-0.05, 0) is 96.1 Å². The number of nitrogens with zero attached hydrogens (tertiary/aromatic N) is 14. The number of aromatic nitrogens is 13. The van der Waals surface area contributed by atoms with Crippen molar-refractivity contribution in [2.75, 3.05) is 144 Å². The molecule has 14 rings (SSSR count). The van der Waals surface area contributed by atoms with E-state index < -0.39 is 6.09 Å². The van der Waals surface area contributed by atoms with Crippen LogP contribution in [0.4, 0.5) is 103 Å². The molecular formula is C85H90Cl2N28O12. The molecule has 40 nitrogen and oxygen atoms in total. The van der Waals surface area contributed by atoms with Crippen molar-refractivity contribution in [2.24, 2.45) is 5.73 Å². The summed E-state index contributed by atoms with van der Waals surface area (Å²) in [5, 5.41) is 53.9. The summed E-state index contributed by atoms with van der Waals surface area (Å²) < 4.78 is 39.0. The van der Waals surface area contributed by atoms with Gasteiger partial charge in [0.15, 0.2) is 33.4 Å². The molecule has 6 heterocycles. The van der Waals surface area contributed by atoms with Gasteiger partial charge in [0.25, 0.3) is 23.6 Å². The van der Waals surface area contributed by atoms with E-state index in [1.54, 1.807) is 156 Å². The van der Waals surface area contributed by atoms with Crippen LogP contribution in [0.15, 0.2) is 201 Å². The Kier molecular flexibility index (Phi) is 33.0. The van der Waals surface area contributed by atoms with Crippen molar-refractivity contribution in [3.05, 3.63) is 245 Å². The van der Waals surface area contributed by atoms with E-state index in [0.717, 1.165) is 35.6 Å². The van der Waals surface area contributed by atoms with Crippen LogP contribution in [0.3, 0.4) is 0 Å². The zero-order valence-corrected chi connectivity index (χ0v) is 71.6. The van der Waals surface area contributed by atoms with Crippen LogP contribution in [0.5, 0.6) is 28.7 Å². The van der Waals surface area contributed by atoms with E-state index in [1.165, 1.54) is 33.7 Å². The van der Waals surface area contributed by atoms with Gasteiger partial charge in [-0.3, -0.25) is 23.6 Å². The fourth-order valence-electron chi connectivity index (χ4n) is 11.9. The minimum atomic E-state index is -0.508. The minimum Gasteiger partial charge on any atom is -0.495 e. The molecule has 1 aliphatic heterocycles. The Labute approximate surface area is 738 Å². The zero-order valence-electron chi connectivity index (χ0n) is 70.1. The van der Waals surface area contributed by atoms with Crippen LogP contribution in [-0.4, -0.2) is 191 Å². The van der Waals surface area contributed by atoms with Gasteiger partial charge < -0.3 is 113 Å². The molecule has 1 saturated heterocycles. The molecule has 0 atom stereocenters. The van der Waals surface area contributed by atoms with E-state index in [1.807, 2.05) is 72.8 Å². The molecule has 0 bridgehead atoms. The van der Waals surface area contributed by atoms with Crippen LogP contribution >= 0.6 is 23.2 Å². The lowest BCUT2D eigenvalue weighted by Gasteiger charge is -2.29. The van der Waals surface area contributed by atoms with E-state index in [2.05, 4.69) is 141 Å². The van der Waals surface area contributed by atoms with Gasteiger partial charge in [0.1, 0.15) is 24.4 Å². The number of nitrogens with two attached hydrogens (primary N) is 1. The number of hydrogen-bond donors (Lipinski definition) is 14. The number of nitrogens with one attached hydrogen (secondary N) is 13. The number of carbonyl (C=O) groups is 5. The smallest absolute Gasteiger partial charge is 0.407 e. The van der Waals surface area contributed by atoms with Gasteiger partial charge in [-0.2, -0.15) is 24.9 Å².